The van der Waals surface area contributed by atoms with Crippen LogP contribution in [0.25, 0.3) is 11.4 Å². The lowest BCUT2D eigenvalue weighted by molar-refractivity contribution is -0.121. The number of carbonyl (C=O) groups is 1. The molecule has 7 heteroatoms. The Labute approximate surface area is 207 Å². The van der Waals surface area contributed by atoms with Gasteiger partial charge in [0.25, 0.3) is 0 Å². The molecule has 1 atom stereocenters. The van der Waals surface area contributed by atoms with Crippen LogP contribution in [0.4, 0.5) is 5.69 Å². The SMILES string of the molecule is C=CCOc1ccc(NC(=O)C2CCCN(Cc3nc(-c4ccc(C(C)(C)C)cc4)no3)C2)cc1. The van der Waals surface area contributed by atoms with Crippen molar-refractivity contribution in [3.8, 4) is 17.1 Å². The summed E-state index contributed by atoms with van der Waals surface area (Å²) >= 11 is 0. The third-order valence-corrected chi connectivity index (χ3v) is 6.20. The molecule has 1 fully saturated rings. The molecule has 1 N–H and O–H groups in total. The number of likely N-dealkylation sites (tertiary alicyclic amines) is 1. The summed E-state index contributed by atoms with van der Waals surface area (Å²) in [5, 5.41) is 7.20. The first-order valence-electron chi connectivity index (χ1n) is 12.1. The molecule has 1 saturated heterocycles. The van der Waals surface area contributed by atoms with Gasteiger partial charge in [0.15, 0.2) is 0 Å². The van der Waals surface area contributed by atoms with Gasteiger partial charge in [-0.1, -0.05) is 62.8 Å². The normalized spacial score (nSPS) is 16.6. The fraction of sp³-hybridized carbons (Fsp3) is 0.393. The third-order valence-electron chi connectivity index (χ3n) is 6.20. The van der Waals surface area contributed by atoms with Gasteiger partial charge in [-0.05, 0) is 54.6 Å². The average molecular weight is 475 g/mol. The van der Waals surface area contributed by atoms with E-state index in [-0.39, 0.29) is 17.2 Å². The van der Waals surface area contributed by atoms with Crippen molar-refractivity contribution in [3.63, 3.8) is 0 Å². The van der Waals surface area contributed by atoms with Crippen LogP contribution in [0.5, 0.6) is 5.75 Å². The van der Waals surface area contributed by atoms with E-state index in [0.29, 0.717) is 31.4 Å². The van der Waals surface area contributed by atoms with Gasteiger partial charge in [0.05, 0.1) is 12.5 Å². The summed E-state index contributed by atoms with van der Waals surface area (Å²) in [4.78, 5) is 19.7. The van der Waals surface area contributed by atoms with Crippen LogP contribution in [-0.4, -0.2) is 40.6 Å². The fourth-order valence-electron chi connectivity index (χ4n) is 4.19. The zero-order valence-electron chi connectivity index (χ0n) is 20.8. The molecule has 0 radical (unpaired) electrons. The van der Waals surface area contributed by atoms with E-state index in [9.17, 15) is 4.79 Å². The lowest BCUT2D eigenvalue weighted by atomic mass is 9.87. The second-order valence-electron chi connectivity index (χ2n) is 10.0. The smallest absolute Gasteiger partial charge is 0.241 e. The number of nitrogens with one attached hydrogen (secondary N) is 1. The van der Waals surface area contributed by atoms with Crippen LogP contribution in [0.15, 0.2) is 65.7 Å². The zero-order valence-corrected chi connectivity index (χ0v) is 20.8. The van der Waals surface area contributed by atoms with Crippen molar-refractivity contribution < 1.29 is 14.1 Å². The molecule has 3 aromatic rings. The first kappa shape index (κ1) is 24.7. The predicted octanol–water partition coefficient (Wildman–Crippen LogP) is 5.45. The van der Waals surface area contributed by atoms with Crippen molar-refractivity contribution in [1.29, 1.82) is 0 Å². The number of anilines is 1. The van der Waals surface area contributed by atoms with E-state index in [1.165, 1.54) is 5.56 Å². The number of amides is 1. The summed E-state index contributed by atoms with van der Waals surface area (Å²) in [6, 6.07) is 15.7. The molecule has 1 amide bonds. The summed E-state index contributed by atoms with van der Waals surface area (Å²) in [5.41, 5.74) is 3.06. The van der Waals surface area contributed by atoms with Crippen LogP contribution in [0.3, 0.4) is 0 Å². The molecule has 4 rings (SSSR count). The Morgan fingerprint density at radius 1 is 1.20 bits per heavy atom. The molecule has 184 valence electrons. The quantitative estimate of drug-likeness (QED) is 0.437. The number of benzene rings is 2. The van der Waals surface area contributed by atoms with E-state index in [1.54, 1.807) is 6.08 Å². The van der Waals surface area contributed by atoms with Crippen LogP contribution in [-0.2, 0) is 16.8 Å². The molecule has 1 aliphatic rings. The molecular weight excluding hydrogens is 440 g/mol. The highest BCUT2D eigenvalue weighted by molar-refractivity contribution is 5.92. The Balaban J connectivity index is 1.32. The van der Waals surface area contributed by atoms with E-state index >= 15 is 0 Å². The Kier molecular flexibility index (Phi) is 7.66. The largest absolute Gasteiger partial charge is 0.490 e. The van der Waals surface area contributed by atoms with Crippen LogP contribution >= 0.6 is 0 Å². The molecule has 35 heavy (non-hydrogen) atoms. The van der Waals surface area contributed by atoms with E-state index in [1.807, 2.05) is 36.4 Å². The molecule has 0 spiro atoms. The second-order valence-corrected chi connectivity index (χ2v) is 10.0. The Bertz CT molecular complexity index is 1130. The van der Waals surface area contributed by atoms with Gasteiger partial charge < -0.3 is 14.6 Å². The van der Waals surface area contributed by atoms with Crippen molar-refractivity contribution in [2.45, 2.75) is 45.6 Å². The van der Waals surface area contributed by atoms with Gasteiger partial charge in [-0.3, -0.25) is 9.69 Å². The number of aromatic nitrogens is 2. The van der Waals surface area contributed by atoms with E-state index in [4.69, 9.17) is 9.26 Å². The Hall–Kier alpha value is -3.45. The summed E-state index contributed by atoms with van der Waals surface area (Å²) in [7, 11) is 0. The summed E-state index contributed by atoms with van der Waals surface area (Å²) < 4.78 is 11.0. The number of piperidine rings is 1. The maximum absolute atomic E-state index is 12.9. The van der Waals surface area contributed by atoms with Crippen molar-refractivity contribution in [2.75, 3.05) is 25.0 Å². The highest BCUT2D eigenvalue weighted by atomic mass is 16.5. The first-order valence-corrected chi connectivity index (χ1v) is 12.1. The van der Waals surface area contributed by atoms with E-state index in [2.05, 4.69) is 59.8 Å². The molecule has 1 unspecified atom stereocenters. The van der Waals surface area contributed by atoms with Crippen LogP contribution in [0.2, 0.25) is 0 Å². The monoisotopic (exact) mass is 474 g/mol. The first-order chi connectivity index (χ1) is 16.8. The summed E-state index contributed by atoms with van der Waals surface area (Å²) in [5.74, 6) is 1.84. The van der Waals surface area contributed by atoms with Gasteiger partial charge in [0.1, 0.15) is 12.4 Å². The molecule has 0 saturated carbocycles. The molecule has 2 heterocycles. The Morgan fingerprint density at radius 2 is 1.94 bits per heavy atom. The molecule has 1 aliphatic heterocycles. The van der Waals surface area contributed by atoms with Gasteiger partial charge in [-0.2, -0.15) is 4.98 Å². The second kappa shape index (κ2) is 10.9. The highest BCUT2D eigenvalue weighted by Gasteiger charge is 2.27. The minimum absolute atomic E-state index is 0.0274. The lowest BCUT2D eigenvalue weighted by Gasteiger charge is -2.30. The van der Waals surface area contributed by atoms with E-state index < -0.39 is 0 Å². The number of nitrogens with zero attached hydrogens (tertiary/aromatic N) is 3. The average Bonchev–Trinajstić information content (AvgIpc) is 3.32. The number of hydrogen-bond acceptors (Lipinski definition) is 6. The molecule has 0 bridgehead atoms. The topological polar surface area (TPSA) is 80.5 Å². The van der Waals surface area contributed by atoms with Crippen molar-refractivity contribution >= 4 is 11.6 Å². The number of rotatable bonds is 8. The molecule has 2 aromatic carbocycles. The molecule has 1 aromatic heterocycles. The number of hydrogen-bond donors (Lipinski definition) is 1. The van der Waals surface area contributed by atoms with Gasteiger partial charge in [-0.25, -0.2) is 0 Å². The van der Waals surface area contributed by atoms with Crippen LogP contribution in [0, 0.1) is 5.92 Å². The molecule has 7 nitrogen and oxygen atoms in total. The van der Waals surface area contributed by atoms with Gasteiger partial charge in [0, 0.05) is 17.8 Å². The van der Waals surface area contributed by atoms with Crippen molar-refractivity contribution in [1.82, 2.24) is 15.0 Å². The maximum Gasteiger partial charge on any atom is 0.241 e. The zero-order chi connectivity index (χ0) is 24.8. The summed E-state index contributed by atoms with van der Waals surface area (Å²) in [6.07, 6.45) is 3.50. The standard InChI is InChI=1S/C28H34N4O3/c1-5-17-34-24-14-12-23(13-15-24)29-27(33)21-7-6-16-32(18-21)19-25-30-26(31-35-25)20-8-10-22(11-9-20)28(2,3)4/h5,8-15,21H,1,6-7,16-19H2,2-4H3,(H,29,33). The van der Waals surface area contributed by atoms with Crippen molar-refractivity contribution in [2.24, 2.45) is 5.92 Å². The molecule has 0 aliphatic carbocycles. The predicted molar refractivity (Wildman–Crippen MR) is 137 cm³/mol. The minimum Gasteiger partial charge on any atom is -0.490 e. The van der Waals surface area contributed by atoms with Crippen LogP contribution < -0.4 is 10.1 Å². The van der Waals surface area contributed by atoms with Gasteiger partial charge >= 0.3 is 0 Å². The third kappa shape index (κ3) is 6.57. The van der Waals surface area contributed by atoms with E-state index in [0.717, 1.165) is 36.4 Å². The fourth-order valence-corrected chi connectivity index (χ4v) is 4.19. The molecular formula is C28H34N4O3. The van der Waals surface area contributed by atoms with Gasteiger partial charge in [-0.15, -0.1) is 0 Å². The Morgan fingerprint density at radius 3 is 2.63 bits per heavy atom. The number of carbonyl (C=O) groups excluding carboxylic acids is 1. The summed E-state index contributed by atoms with van der Waals surface area (Å²) in [6.45, 7) is 12.8. The van der Waals surface area contributed by atoms with Crippen molar-refractivity contribution in [3.05, 3.63) is 72.6 Å². The van der Waals surface area contributed by atoms with Crippen LogP contribution in [0.1, 0.15) is 45.1 Å². The van der Waals surface area contributed by atoms with Gasteiger partial charge in [0.2, 0.25) is 17.6 Å². The maximum atomic E-state index is 12.9. The number of ether oxygens (including phenoxy) is 1. The lowest BCUT2D eigenvalue weighted by Crippen LogP contribution is -2.40. The highest BCUT2D eigenvalue weighted by Crippen LogP contribution is 2.26. The minimum atomic E-state index is -0.0900.